The molecule has 1 heterocycles. The molecule has 0 bridgehead atoms. The van der Waals surface area contributed by atoms with Crippen molar-refractivity contribution in [3.8, 4) is 0 Å². The van der Waals surface area contributed by atoms with Gasteiger partial charge in [0.05, 0.1) is 5.92 Å². The summed E-state index contributed by atoms with van der Waals surface area (Å²) in [5.74, 6) is -0.176. The molecule has 108 valence electrons. The lowest BCUT2D eigenvalue weighted by Gasteiger charge is -2.25. The Morgan fingerprint density at radius 2 is 2.10 bits per heavy atom. The zero-order chi connectivity index (χ0) is 14.8. The van der Waals surface area contributed by atoms with Gasteiger partial charge < -0.3 is 10.6 Å². The molecule has 1 amide bonds. The van der Waals surface area contributed by atoms with E-state index >= 15 is 0 Å². The van der Waals surface area contributed by atoms with Crippen LogP contribution in [0.25, 0.3) is 0 Å². The van der Waals surface area contributed by atoms with Crippen molar-refractivity contribution in [3.63, 3.8) is 0 Å². The Bertz CT molecular complexity index is 684. The van der Waals surface area contributed by atoms with E-state index in [1.165, 1.54) is 5.56 Å². The smallest absolute Gasteiger partial charge is 0.233 e. The quantitative estimate of drug-likeness (QED) is 0.891. The van der Waals surface area contributed by atoms with Gasteiger partial charge in [0.1, 0.15) is 0 Å². The average molecular weight is 301 g/mol. The highest BCUT2D eigenvalue weighted by Gasteiger charge is 2.26. The molecule has 1 unspecified atom stereocenters. The minimum Gasteiger partial charge on any atom is -0.325 e. The van der Waals surface area contributed by atoms with Gasteiger partial charge in [0.25, 0.3) is 0 Å². The van der Waals surface area contributed by atoms with E-state index < -0.39 is 0 Å². The number of hydrogen-bond acceptors (Lipinski definition) is 2. The predicted octanol–water partition coefficient (Wildman–Crippen LogP) is 3.47. The SMILES string of the molecule is Cc1ccc(NC(=O)C2CNCc3ccccc32)cc1Cl. The zero-order valence-corrected chi connectivity index (χ0v) is 12.6. The van der Waals surface area contributed by atoms with Gasteiger partial charge in [-0.25, -0.2) is 0 Å². The molecule has 0 saturated heterocycles. The monoisotopic (exact) mass is 300 g/mol. The summed E-state index contributed by atoms with van der Waals surface area (Å²) < 4.78 is 0. The lowest BCUT2D eigenvalue weighted by atomic mass is 9.90. The van der Waals surface area contributed by atoms with E-state index in [-0.39, 0.29) is 11.8 Å². The summed E-state index contributed by atoms with van der Waals surface area (Å²) in [5.41, 5.74) is 4.02. The second kappa shape index (κ2) is 5.88. The number of carbonyl (C=O) groups is 1. The third-order valence-corrected chi connectivity index (χ3v) is 4.26. The van der Waals surface area contributed by atoms with Gasteiger partial charge in [-0.3, -0.25) is 4.79 Å². The molecule has 2 aromatic carbocycles. The summed E-state index contributed by atoms with van der Waals surface area (Å²) in [5, 5.41) is 6.91. The number of rotatable bonds is 2. The second-order valence-electron chi connectivity index (χ2n) is 5.34. The van der Waals surface area contributed by atoms with Gasteiger partial charge in [-0.05, 0) is 35.7 Å². The molecule has 0 aromatic heterocycles. The summed E-state index contributed by atoms with van der Waals surface area (Å²) in [6, 6.07) is 13.6. The Hall–Kier alpha value is -1.84. The summed E-state index contributed by atoms with van der Waals surface area (Å²) in [6.45, 7) is 3.41. The molecule has 2 aromatic rings. The van der Waals surface area contributed by atoms with Crippen LogP contribution in [0.15, 0.2) is 42.5 Å². The van der Waals surface area contributed by atoms with E-state index in [1.54, 1.807) is 6.07 Å². The Labute approximate surface area is 129 Å². The van der Waals surface area contributed by atoms with Crippen molar-refractivity contribution >= 4 is 23.2 Å². The highest BCUT2D eigenvalue weighted by Crippen LogP contribution is 2.26. The first kappa shape index (κ1) is 14.1. The fraction of sp³-hybridized carbons (Fsp3) is 0.235. The van der Waals surface area contributed by atoms with Crippen LogP contribution in [0.3, 0.4) is 0 Å². The van der Waals surface area contributed by atoms with Gasteiger partial charge in [-0.15, -0.1) is 0 Å². The minimum atomic E-state index is -0.171. The van der Waals surface area contributed by atoms with Crippen molar-refractivity contribution in [2.24, 2.45) is 0 Å². The maximum absolute atomic E-state index is 12.5. The largest absolute Gasteiger partial charge is 0.325 e. The van der Waals surface area contributed by atoms with Gasteiger partial charge in [0.2, 0.25) is 5.91 Å². The molecule has 1 atom stereocenters. The van der Waals surface area contributed by atoms with E-state index in [9.17, 15) is 4.79 Å². The molecular weight excluding hydrogens is 284 g/mol. The van der Waals surface area contributed by atoms with E-state index in [0.29, 0.717) is 11.6 Å². The summed E-state index contributed by atoms with van der Waals surface area (Å²) in [6.07, 6.45) is 0. The van der Waals surface area contributed by atoms with Crippen LogP contribution in [0.2, 0.25) is 5.02 Å². The molecule has 4 heteroatoms. The van der Waals surface area contributed by atoms with Gasteiger partial charge in [0.15, 0.2) is 0 Å². The molecule has 0 radical (unpaired) electrons. The van der Waals surface area contributed by atoms with Crippen LogP contribution in [0.4, 0.5) is 5.69 Å². The Morgan fingerprint density at radius 3 is 2.90 bits per heavy atom. The molecule has 3 nitrogen and oxygen atoms in total. The number of aryl methyl sites for hydroxylation is 1. The standard InChI is InChI=1S/C17H17ClN2O/c1-11-6-7-13(8-16(11)18)20-17(21)15-10-19-9-12-4-2-3-5-14(12)15/h2-8,15,19H,9-10H2,1H3,(H,20,21). The molecular formula is C17H17ClN2O. The molecule has 1 aliphatic rings. The van der Waals surface area contributed by atoms with Crippen LogP contribution < -0.4 is 10.6 Å². The molecule has 3 rings (SSSR count). The van der Waals surface area contributed by atoms with E-state index in [1.807, 2.05) is 37.3 Å². The number of hydrogen-bond donors (Lipinski definition) is 2. The first-order valence-electron chi connectivity index (χ1n) is 7.00. The van der Waals surface area contributed by atoms with E-state index in [2.05, 4.69) is 16.7 Å². The van der Waals surface area contributed by atoms with Crippen LogP contribution >= 0.6 is 11.6 Å². The number of amides is 1. The highest BCUT2D eigenvalue weighted by atomic mass is 35.5. The highest BCUT2D eigenvalue weighted by molar-refractivity contribution is 6.31. The van der Waals surface area contributed by atoms with E-state index in [4.69, 9.17) is 11.6 Å². The molecule has 0 saturated carbocycles. The van der Waals surface area contributed by atoms with Crippen LogP contribution in [0.5, 0.6) is 0 Å². The van der Waals surface area contributed by atoms with Crippen molar-refractivity contribution in [2.75, 3.05) is 11.9 Å². The van der Waals surface area contributed by atoms with Gasteiger partial charge in [-0.1, -0.05) is 41.9 Å². The molecule has 2 N–H and O–H groups in total. The van der Waals surface area contributed by atoms with E-state index in [0.717, 1.165) is 23.4 Å². The normalized spacial score (nSPS) is 17.1. The summed E-state index contributed by atoms with van der Waals surface area (Å²) in [7, 11) is 0. The average Bonchev–Trinajstić information content (AvgIpc) is 2.50. The first-order chi connectivity index (χ1) is 10.1. The summed E-state index contributed by atoms with van der Waals surface area (Å²) >= 11 is 6.10. The number of halogens is 1. The Morgan fingerprint density at radius 1 is 1.29 bits per heavy atom. The fourth-order valence-electron chi connectivity index (χ4n) is 2.63. The number of benzene rings is 2. The van der Waals surface area contributed by atoms with Crippen molar-refractivity contribution in [3.05, 3.63) is 64.2 Å². The fourth-order valence-corrected chi connectivity index (χ4v) is 2.81. The number of carbonyl (C=O) groups excluding carboxylic acids is 1. The second-order valence-corrected chi connectivity index (χ2v) is 5.74. The molecule has 0 fully saturated rings. The number of nitrogens with one attached hydrogen (secondary N) is 2. The van der Waals surface area contributed by atoms with Crippen molar-refractivity contribution in [1.29, 1.82) is 0 Å². The minimum absolute atomic E-state index is 0.00503. The topological polar surface area (TPSA) is 41.1 Å². The lowest BCUT2D eigenvalue weighted by Crippen LogP contribution is -2.35. The zero-order valence-electron chi connectivity index (χ0n) is 11.8. The number of anilines is 1. The van der Waals surface area contributed by atoms with Crippen LogP contribution in [0.1, 0.15) is 22.6 Å². The van der Waals surface area contributed by atoms with Crippen LogP contribution in [-0.2, 0) is 11.3 Å². The Kier molecular flexibility index (Phi) is 3.95. The van der Waals surface area contributed by atoms with Gasteiger partial charge in [0, 0.05) is 23.8 Å². The van der Waals surface area contributed by atoms with Gasteiger partial charge in [-0.2, -0.15) is 0 Å². The Balaban J connectivity index is 1.81. The molecule has 0 aliphatic carbocycles. The van der Waals surface area contributed by atoms with Crippen LogP contribution in [0, 0.1) is 6.92 Å². The molecule has 21 heavy (non-hydrogen) atoms. The maximum atomic E-state index is 12.5. The molecule has 1 aliphatic heterocycles. The van der Waals surface area contributed by atoms with Crippen molar-refractivity contribution < 1.29 is 4.79 Å². The van der Waals surface area contributed by atoms with Crippen molar-refractivity contribution in [1.82, 2.24) is 5.32 Å². The van der Waals surface area contributed by atoms with Crippen LogP contribution in [-0.4, -0.2) is 12.5 Å². The third kappa shape index (κ3) is 2.94. The third-order valence-electron chi connectivity index (χ3n) is 3.85. The predicted molar refractivity (Wildman–Crippen MR) is 85.7 cm³/mol. The maximum Gasteiger partial charge on any atom is 0.233 e. The lowest BCUT2D eigenvalue weighted by molar-refractivity contribution is -0.117. The number of fused-ring (bicyclic) bond motifs is 1. The summed E-state index contributed by atoms with van der Waals surface area (Å²) in [4.78, 5) is 12.5. The van der Waals surface area contributed by atoms with Crippen molar-refractivity contribution in [2.45, 2.75) is 19.4 Å². The van der Waals surface area contributed by atoms with Gasteiger partial charge >= 0.3 is 0 Å². The molecule has 0 spiro atoms. The first-order valence-corrected chi connectivity index (χ1v) is 7.38.